The number of aliphatic carboxylic acids is 1. The number of rotatable bonds is 6. The Balaban J connectivity index is 2.19. The van der Waals surface area contributed by atoms with Crippen molar-refractivity contribution in [1.82, 2.24) is 5.01 Å². The van der Waals surface area contributed by atoms with E-state index in [1.165, 1.54) is 17.3 Å². The summed E-state index contributed by atoms with van der Waals surface area (Å²) in [7, 11) is 0. The first-order valence-corrected chi connectivity index (χ1v) is 6.47. The Bertz CT molecular complexity index is 597. The third-order valence-electron chi connectivity index (χ3n) is 3.25. The van der Waals surface area contributed by atoms with E-state index in [9.17, 15) is 19.8 Å². The van der Waals surface area contributed by atoms with Gasteiger partial charge in [0.15, 0.2) is 5.78 Å². The first-order valence-electron chi connectivity index (χ1n) is 6.47. The van der Waals surface area contributed by atoms with Gasteiger partial charge in [0.2, 0.25) is 6.04 Å². The zero-order valence-electron chi connectivity index (χ0n) is 11.3. The molecular formula is C15H16N2O4. The number of carboxylic acids is 1. The number of aliphatic hydroxyl groups excluding tert-OH is 1. The van der Waals surface area contributed by atoms with Crippen LogP contribution < -0.4 is 0 Å². The molecule has 2 unspecified atom stereocenters. The lowest BCUT2D eigenvalue weighted by Gasteiger charge is -2.28. The zero-order chi connectivity index (χ0) is 15.4. The summed E-state index contributed by atoms with van der Waals surface area (Å²) >= 11 is 0. The molecule has 0 spiro atoms. The lowest BCUT2D eigenvalue weighted by atomic mass is 10.0. The number of nitrogens with zero attached hydrogens (tertiary/aromatic N) is 2. The van der Waals surface area contributed by atoms with Crippen molar-refractivity contribution in [3.05, 3.63) is 48.0 Å². The van der Waals surface area contributed by atoms with Crippen molar-refractivity contribution in [1.29, 1.82) is 0 Å². The minimum absolute atomic E-state index is 0.236. The number of Topliss-reactive ketones (excluding diaryl/α,β-unsaturated/α-hetero) is 1. The molecule has 0 fully saturated rings. The van der Waals surface area contributed by atoms with Gasteiger partial charge >= 0.3 is 5.97 Å². The van der Waals surface area contributed by atoms with E-state index in [4.69, 9.17) is 0 Å². The van der Waals surface area contributed by atoms with Crippen LogP contribution in [0.15, 0.2) is 42.0 Å². The van der Waals surface area contributed by atoms with Crippen LogP contribution in [0.25, 0.3) is 0 Å². The standard InChI is InChI=1S/C15H16N2O4/c1-2-12(18)7-13(19)14(15(20)21)17-9-11-6-4-3-5-10(11)8-16-17/h2-6,8,12,14,18H,1,7,9H2,(H,20,21). The SMILES string of the molecule is C=CC(O)CC(=O)C(C(=O)O)N1Cc2ccccc2C=N1. The summed E-state index contributed by atoms with van der Waals surface area (Å²) in [6, 6.07) is 6.02. The summed E-state index contributed by atoms with van der Waals surface area (Å²) in [4.78, 5) is 23.4. The number of hydrogen-bond acceptors (Lipinski definition) is 5. The van der Waals surface area contributed by atoms with Crippen LogP contribution >= 0.6 is 0 Å². The van der Waals surface area contributed by atoms with Gasteiger partial charge in [0.1, 0.15) is 0 Å². The summed E-state index contributed by atoms with van der Waals surface area (Å²) in [6.07, 6.45) is 1.38. The van der Waals surface area contributed by atoms with Crippen LogP contribution in [-0.4, -0.2) is 45.3 Å². The zero-order valence-corrected chi connectivity index (χ0v) is 11.3. The first kappa shape index (κ1) is 14.9. The second kappa shape index (κ2) is 6.32. The van der Waals surface area contributed by atoms with Gasteiger partial charge in [0.25, 0.3) is 0 Å². The van der Waals surface area contributed by atoms with Gasteiger partial charge < -0.3 is 10.2 Å². The molecule has 1 heterocycles. The van der Waals surface area contributed by atoms with Gasteiger partial charge in [-0.05, 0) is 11.1 Å². The van der Waals surface area contributed by atoms with Crippen molar-refractivity contribution >= 4 is 18.0 Å². The van der Waals surface area contributed by atoms with Crippen molar-refractivity contribution in [3.8, 4) is 0 Å². The molecule has 6 heteroatoms. The first-order chi connectivity index (χ1) is 10.0. The molecule has 0 aliphatic carbocycles. The molecule has 1 aliphatic heterocycles. The van der Waals surface area contributed by atoms with Gasteiger partial charge in [-0.3, -0.25) is 9.80 Å². The van der Waals surface area contributed by atoms with Crippen molar-refractivity contribution in [2.75, 3.05) is 0 Å². The summed E-state index contributed by atoms with van der Waals surface area (Å²) in [6.45, 7) is 3.60. The highest BCUT2D eigenvalue weighted by atomic mass is 16.4. The molecule has 2 atom stereocenters. The average molecular weight is 288 g/mol. The topological polar surface area (TPSA) is 90.2 Å². The van der Waals surface area contributed by atoms with Gasteiger partial charge in [-0.2, -0.15) is 5.10 Å². The number of benzene rings is 1. The fraction of sp³-hybridized carbons (Fsp3) is 0.267. The molecule has 2 N–H and O–H groups in total. The number of carbonyl (C=O) groups is 2. The van der Waals surface area contributed by atoms with Crippen LogP contribution in [0.5, 0.6) is 0 Å². The van der Waals surface area contributed by atoms with Crippen molar-refractivity contribution < 1.29 is 19.8 Å². The Kier molecular flexibility index (Phi) is 4.49. The number of hydrazone groups is 1. The van der Waals surface area contributed by atoms with Gasteiger partial charge in [-0.1, -0.05) is 30.3 Å². The lowest BCUT2D eigenvalue weighted by Crippen LogP contribution is -2.45. The molecule has 6 nitrogen and oxygen atoms in total. The van der Waals surface area contributed by atoms with Crippen molar-refractivity contribution in [2.45, 2.75) is 25.1 Å². The monoisotopic (exact) mass is 288 g/mol. The van der Waals surface area contributed by atoms with E-state index >= 15 is 0 Å². The fourth-order valence-corrected chi connectivity index (χ4v) is 2.15. The third-order valence-corrected chi connectivity index (χ3v) is 3.25. The molecule has 110 valence electrons. The summed E-state index contributed by atoms with van der Waals surface area (Å²) in [5.41, 5.74) is 1.80. The molecular weight excluding hydrogens is 272 g/mol. The van der Waals surface area contributed by atoms with E-state index in [1.807, 2.05) is 24.3 Å². The molecule has 0 saturated heterocycles. The van der Waals surface area contributed by atoms with Crippen LogP contribution in [0, 0.1) is 0 Å². The van der Waals surface area contributed by atoms with E-state index < -0.39 is 23.9 Å². The Morgan fingerprint density at radius 1 is 1.43 bits per heavy atom. The molecule has 0 saturated carbocycles. The minimum Gasteiger partial charge on any atom is -0.479 e. The molecule has 1 aromatic carbocycles. The Hall–Kier alpha value is -2.47. The predicted molar refractivity (Wildman–Crippen MR) is 76.8 cm³/mol. The maximum atomic E-state index is 12.1. The molecule has 1 aromatic rings. The Morgan fingerprint density at radius 3 is 2.81 bits per heavy atom. The quantitative estimate of drug-likeness (QED) is 0.597. The number of ketones is 1. The second-order valence-corrected chi connectivity index (χ2v) is 4.76. The summed E-state index contributed by atoms with van der Waals surface area (Å²) < 4.78 is 0. The summed E-state index contributed by atoms with van der Waals surface area (Å²) in [5.74, 6) is -1.89. The predicted octanol–water partition coefficient (Wildman–Crippen LogP) is 0.795. The molecule has 21 heavy (non-hydrogen) atoms. The number of hydrogen-bond donors (Lipinski definition) is 2. The number of fused-ring (bicyclic) bond motifs is 1. The summed E-state index contributed by atoms with van der Waals surface area (Å²) in [5, 5.41) is 24.0. The van der Waals surface area contributed by atoms with E-state index in [0.29, 0.717) is 0 Å². The van der Waals surface area contributed by atoms with Gasteiger partial charge in [-0.15, -0.1) is 6.58 Å². The molecule has 0 radical (unpaired) electrons. The highest BCUT2D eigenvalue weighted by molar-refractivity contribution is 6.02. The van der Waals surface area contributed by atoms with Crippen LogP contribution in [0.3, 0.4) is 0 Å². The third kappa shape index (κ3) is 3.35. The molecule has 0 bridgehead atoms. The van der Waals surface area contributed by atoms with Gasteiger partial charge in [0, 0.05) is 6.42 Å². The molecule has 0 amide bonds. The van der Waals surface area contributed by atoms with Gasteiger partial charge in [-0.25, -0.2) is 4.79 Å². The van der Waals surface area contributed by atoms with Crippen LogP contribution in [-0.2, 0) is 16.1 Å². The number of aliphatic hydroxyl groups is 1. The van der Waals surface area contributed by atoms with Crippen LogP contribution in [0.4, 0.5) is 0 Å². The van der Waals surface area contributed by atoms with E-state index in [2.05, 4.69) is 11.7 Å². The number of carboxylic acid groups (broad SMARTS) is 1. The second-order valence-electron chi connectivity index (χ2n) is 4.76. The molecule has 0 aromatic heterocycles. The largest absolute Gasteiger partial charge is 0.479 e. The minimum atomic E-state index is -1.41. The maximum absolute atomic E-state index is 12.1. The fourth-order valence-electron chi connectivity index (χ4n) is 2.15. The smallest absolute Gasteiger partial charge is 0.335 e. The Labute approximate surface area is 122 Å². The average Bonchev–Trinajstić information content (AvgIpc) is 2.46. The van der Waals surface area contributed by atoms with E-state index in [0.717, 1.165) is 11.1 Å². The van der Waals surface area contributed by atoms with Crippen molar-refractivity contribution in [3.63, 3.8) is 0 Å². The van der Waals surface area contributed by atoms with E-state index in [1.54, 1.807) is 0 Å². The molecule has 2 rings (SSSR count). The highest BCUT2D eigenvalue weighted by Gasteiger charge is 2.34. The maximum Gasteiger partial charge on any atom is 0.335 e. The number of carbonyl (C=O) groups excluding carboxylic acids is 1. The molecule has 1 aliphatic rings. The Morgan fingerprint density at radius 2 is 2.14 bits per heavy atom. The normalized spacial score (nSPS) is 16.0. The van der Waals surface area contributed by atoms with Crippen LogP contribution in [0.1, 0.15) is 17.5 Å². The van der Waals surface area contributed by atoms with E-state index in [-0.39, 0.29) is 13.0 Å². The van der Waals surface area contributed by atoms with Gasteiger partial charge in [0.05, 0.1) is 18.9 Å². The highest BCUT2D eigenvalue weighted by Crippen LogP contribution is 2.19. The van der Waals surface area contributed by atoms with Crippen LogP contribution in [0.2, 0.25) is 0 Å². The lowest BCUT2D eigenvalue weighted by molar-refractivity contribution is -0.149. The van der Waals surface area contributed by atoms with Crippen molar-refractivity contribution in [2.24, 2.45) is 5.10 Å².